The van der Waals surface area contributed by atoms with Gasteiger partial charge in [-0.05, 0) is 31.5 Å². The molecule has 1 fully saturated rings. The monoisotopic (exact) mass is 368 g/mol. The molecule has 1 aliphatic rings. The van der Waals surface area contributed by atoms with Crippen molar-refractivity contribution in [3.63, 3.8) is 0 Å². The van der Waals surface area contributed by atoms with E-state index >= 15 is 0 Å². The van der Waals surface area contributed by atoms with Crippen LogP contribution in [-0.2, 0) is 14.8 Å². The van der Waals surface area contributed by atoms with Gasteiger partial charge in [-0.1, -0.05) is 19.9 Å². The van der Waals surface area contributed by atoms with Crippen LogP contribution in [0.1, 0.15) is 27.2 Å². The molecule has 0 aliphatic carbocycles. The summed E-state index contributed by atoms with van der Waals surface area (Å²) in [5, 5.41) is 2.88. The van der Waals surface area contributed by atoms with E-state index in [1.807, 2.05) is 6.92 Å². The zero-order chi connectivity index (χ0) is 18.8. The van der Waals surface area contributed by atoms with Gasteiger partial charge in [0.25, 0.3) is 5.91 Å². The maximum Gasteiger partial charge on any atom is 0.282 e. The van der Waals surface area contributed by atoms with E-state index in [0.717, 1.165) is 17.4 Å². The van der Waals surface area contributed by atoms with Crippen LogP contribution in [0.2, 0.25) is 0 Å². The number of sulfonamides is 1. The Labute approximate surface area is 151 Å². The first-order chi connectivity index (χ1) is 11.6. The van der Waals surface area contributed by atoms with Crippen molar-refractivity contribution in [1.29, 1.82) is 0 Å². The smallest absolute Gasteiger partial charge is 0.282 e. The number of carbonyl (C=O) groups is 1. The highest BCUT2D eigenvalue weighted by atomic mass is 32.2. The van der Waals surface area contributed by atoms with E-state index in [2.05, 4.69) is 19.2 Å². The lowest BCUT2D eigenvalue weighted by Crippen LogP contribution is -3.18. The average molecular weight is 369 g/mol. The molecular weight excluding hydrogens is 338 g/mol. The lowest BCUT2D eigenvalue weighted by molar-refractivity contribution is -0.925. The van der Waals surface area contributed by atoms with Gasteiger partial charge in [0.1, 0.15) is 0 Å². The van der Waals surface area contributed by atoms with Gasteiger partial charge in [0.15, 0.2) is 6.04 Å². The number of nitrogens with zero attached hydrogens (tertiary/aromatic N) is 1. The lowest BCUT2D eigenvalue weighted by Gasteiger charge is -2.35. The number of likely N-dealkylation sites (tertiary alicyclic amines) is 1. The van der Waals surface area contributed by atoms with E-state index in [4.69, 9.17) is 0 Å². The van der Waals surface area contributed by atoms with Gasteiger partial charge < -0.3 is 10.2 Å². The van der Waals surface area contributed by atoms with Crippen molar-refractivity contribution in [2.24, 2.45) is 11.8 Å². The summed E-state index contributed by atoms with van der Waals surface area (Å²) in [6.07, 6.45) is 1.21. The zero-order valence-corrected chi connectivity index (χ0v) is 16.6. The number of amides is 1. The molecule has 0 spiro atoms. The van der Waals surface area contributed by atoms with Gasteiger partial charge in [-0.3, -0.25) is 4.79 Å². The molecule has 1 aromatic rings. The molecule has 0 saturated carbocycles. The van der Waals surface area contributed by atoms with Crippen molar-refractivity contribution >= 4 is 21.6 Å². The fourth-order valence-corrected chi connectivity index (χ4v) is 4.51. The molecule has 0 bridgehead atoms. The van der Waals surface area contributed by atoms with Crippen molar-refractivity contribution in [2.45, 2.75) is 38.1 Å². The van der Waals surface area contributed by atoms with Gasteiger partial charge in [-0.15, -0.1) is 0 Å². The minimum atomic E-state index is -3.51. The van der Waals surface area contributed by atoms with Crippen molar-refractivity contribution in [3.8, 4) is 0 Å². The maximum atomic E-state index is 12.6. The Hall–Kier alpha value is -1.44. The second-order valence-corrected chi connectivity index (χ2v) is 9.69. The highest BCUT2D eigenvalue weighted by Gasteiger charge is 2.32. The van der Waals surface area contributed by atoms with Gasteiger partial charge in [-0.25, -0.2) is 12.7 Å². The highest BCUT2D eigenvalue weighted by Crippen LogP contribution is 2.18. The number of hydrogen-bond acceptors (Lipinski definition) is 3. The highest BCUT2D eigenvalue weighted by molar-refractivity contribution is 7.89. The summed E-state index contributed by atoms with van der Waals surface area (Å²) in [5.41, 5.74) is 0.511. The van der Waals surface area contributed by atoms with Gasteiger partial charge in [0.2, 0.25) is 10.0 Å². The van der Waals surface area contributed by atoms with Gasteiger partial charge >= 0.3 is 0 Å². The summed E-state index contributed by atoms with van der Waals surface area (Å²) < 4.78 is 25.6. The van der Waals surface area contributed by atoms with Gasteiger partial charge in [0, 0.05) is 31.6 Å². The minimum absolute atomic E-state index is 0.0734. The molecule has 0 aromatic heterocycles. The van der Waals surface area contributed by atoms with E-state index < -0.39 is 10.0 Å². The standard InChI is InChI=1S/C18H29N3O3S/c1-13-9-14(2)12-21(11-13)15(3)18(22)19-16-7-6-8-17(10-16)25(23,24)20(4)5/h6-8,10,13-15H,9,11-12H2,1-5H3,(H,19,22)/p+1/t13-,14+,15-/m0/s1. The van der Waals surface area contributed by atoms with E-state index in [1.54, 1.807) is 12.1 Å². The van der Waals surface area contributed by atoms with Crippen LogP contribution in [-0.4, -0.2) is 51.9 Å². The fourth-order valence-electron chi connectivity index (χ4n) is 3.57. The molecule has 2 N–H and O–H groups in total. The maximum absolute atomic E-state index is 12.6. The molecule has 0 radical (unpaired) electrons. The Morgan fingerprint density at radius 2 is 1.84 bits per heavy atom. The Morgan fingerprint density at radius 3 is 2.40 bits per heavy atom. The van der Waals surface area contributed by atoms with Gasteiger partial charge in [0.05, 0.1) is 18.0 Å². The Balaban J connectivity index is 2.10. The summed E-state index contributed by atoms with van der Waals surface area (Å²) in [5.74, 6) is 1.15. The normalized spacial score (nSPS) is 25.6. The zero-order valence-electron chi connectivity index (χ0n) is 15.7. The molecule has 1 unspecified atom stereocenters. The van der Waals surface area contributed by atoms with Crippen LogP contribution in [0.15, 0.2) is 29.2 Å². The topological polar surface area (TPSA) is 70.9 Å². The Kier molecular flexibility index (Phi) is 6.24. The second kappa shape index (κ2) is 7.85. The van der Waals surface area contributed by atoms with Crippen LogP contribution < -0.4 is 10.2 Å². The van der Waals surface area contributed by atoms with Crippen LogP contribution >= 0.6 is 0 Å². The molecule has 25 heavy (non-hydrogen) atoms. The third kappa shape index (κ3) is 4.80. The lowest BCUT2D eigenvalue weighted by atomic mass is 9.91. The third-order valence-corrected chi connectivity index (χ3v) is 6.72. The molecule has 1 aromatic carbocycles. The van der Waals surface area contributed by atoms with Crippen LogP contribution in [0.4, 0.5) is 5.69 Å². The number of hydrogen-bond donors (Lipinski definition) is 2. The summed E-state index contributed by atoms with van der Waals surface area (Å²) >= 11 is 0. The molecule has 4 atom stereocenters. The average Bonchev–Trinajstić information content (AvgIpc) is 2.53. The van der Waals surface area contributed by atoms with E-state index in [-0.39, 0.29) is 16.8 Å². The van der Waals surface area contributed by atoms with Crippen LogP contribution in [0, 0.1) is 11.8 Å². The van der Waals surface area contributed by atoms with Gasteiger partial charge in [-0.2, -0.15) is 0 Å². The summed E-state index contributed by atoms with van der Waals surface area (Å²) in [6.45, 7) is 8.39. The van der Waals surface area contributed by atoms with E-state index in [9.17, 15) is 13.2 Å². The molecule has 1 amide bonds. The minimum Gasteiger partial charge on any atom is -0.324 e. The first-order valence-corrected chi connectivity index (χ1v) is 10.2. The molecule has 1 heterocycles. The van der Waals surface area contributed by atoms with Crippen LogP contribution in [0.25, 0.3) is 0 Å². The molecule has 1 aliphatic heterocycles. The van der Waals surface area contributed by atoms with Crippen molar-refractivity contribution < 1.29 is 18.1 Å². The van der Waals surface area contributed by atoms with Crippen molar-refractivity contribution in [1.82, 2.24) is 4.31 Å². The summed E-state index contributed by atoms with van der Waals surface area (Å²) in [6, 6.07) is 6.24. The number of carbonyl (C=O) groups excluding carboxylic acids is 1. The van der Waals surface area contributed by atoms with E-state index in [0.29, 0.717) is 17.5 Å². The van der Waals surface area contributed by atoms with E-state index in [1.165, 1.54) is 37.5 Å². The first-order valence-electron chi connectivity index (χ1n) is 8.79. The number of rotatable bonds is 5. The third-order valence-electron chi connectivity index (χ3n) is 4.91. The SMILES string of the molecule is C[C@@H]1C[C@H](C)C[NH+]([C@@H](C)C(=O)Nc2cccc(S(=O)(=O)N(C)C)c2)C1. The first kappa shape index (κ1) is 19.9. The predicted octanol–water partition coefficient (Wildman–Crippen LogP) is 0.825. The molecule has 2 rings (SSSR count). The second-order valence-electron chi connectivity index (χ2n) is 7.54. The number of anilines is 1. The van der Waals surface area contributed by atoms with Crippen LogP contribution in [0.3, 0.4) is 0 Å². The fraction of sp³-hybridized carbons (Fsp3) is 0.611. The number of benzene rings is 1. The summed E-state index contributed by atoms with van der Waals surface area (Å²) in [4.78, 5) is 14.1. The number of piperidine rings is 1. The molecule has 7 heteroatoms. The van der Waals surface area contributed by atoms with Crippen molar-refractivity contribution in [3.05, 3.63) is 24.3 Å². The Bertz CT molecular complexity index is 708. The molecule has 1 saturated heterocycles. The predicted molar refractivity (Wildman–Crippen MR) is 99.0 cm³/mol. The Morgan fingerprint density at radius 1 is 1.24 bits per heavy atom. The van der Waals surface area contributed by atoms with Crippen LogP contribution in [0.5, 0.6) is 0 Å². The molecule has 140 valence electrons. The number of quaternary nitrogens is 1. The molecule has 6 nitrogen and oxygen atoms in total. The summed E-state index contributed by atoms with van der Waals surface area (Å²) in [7, 11) is -0.532. The van der Waals surface area contributed by atoms with Crippen molar-refractivity contribution in [2.75, 3.05) is 32.5 Å². The quantitative estimate of drug-likeness (QED) is 0.809. The number of nitrogens with one attached hydrogen (secondary N) is 2. The largest absolute Gasteiger partial charge is 0.324 e. The molecular formula is C18H30N3O3S+.